The van der Waals surface area contributed by atoms with Crippen molar-refractivity contribution < 1.29 is 17.6 Å². The largest absolute Gasteiger partial charge is 0.451 e. The predicted molar refractivity (Wildman–Crippen MR) is 112 cm³/mol. The highest BCUT2D eigenvalue weighted by molar-refractivity contribution is 8.00. The first-order valence-corrected chi connectivity index (χ1v) is 12.6. The Balaban J connectivity index is 1.64. The van der Waals surface area contributed by atoms with Gasteiger partial charge >= 0.3 is 0 Å². The van der Waals surface area contributed by atoms with Gasteiger partial charge in [-0.1, -0.05) is 30.0 Å². The molecule has 2 aromatic heterocycles. The van der Waals surface area contributed by atoms with Gasteiger partial charge in [0.1, 0.15) is 9.92 Å². The molecular formula is C19H20N2O4S3. The summed E-state index contributed by atoms with van der Waals surface area (Å²) in [7, 11) is -1.42. The topological polar surface area (TPSA) is 80.5 Å². The average Bonchev–Trinajstić information content (AvgIpc) is 3.35. The van der Waals surface area contributed by atoms with Gasteiger partial charge in [-0.2, -0.15) is 0 Å². The molecule has 1 aliphatic rings. The zero-order valence-corrected chi connectivity index (χ0v) is 18.0. The van der Waals surface area contributed by atoms with Gasteiger partial charge < -0.3 is 9.32 Å². The number of carbonyl (C=O) groups excluding carboxylic acids is 1. The van der Waals surface area contributed by atoms with Crippen molar-refractivity contribution in [1.82, 2.24) is 9.88 Å². The van der Waals surface area contributed by atoms with E-state index in [0.29, 0.717) is 17.8 Å². The summed E-state index contributed by atoms with van der Waals surface area (Å²) < 4.78 is 30.5. The summed E-state index contributed by atoms with van der Waals surface area (Å²) in [6, 6.07) is 7.26. The van der Waals surface area contributed by atoms with Crippen molar-refractivity contribution in [1.29, 1.82) is 0 Å². The average molecular weight is 437 g/mol. The molecule has 6 nitrogen and oxygen atoms in total. The summed E-state index contributed by atoms with van der Waals surface area (Å²) in [5, 5.41) is 2.90. The van der Waals surface area contributed by atoms with Crippen LogP contribution in [-0.2, 0) is 15.6 Å². The van der Waals surface area contributed by atoms with Crippen molar-refractivity contribution in [3.05, 3.63) is 46.7 Å². The highest BCUT2D eigenvalue weighted by atomic mass is 32.2. The predicted octanol–water partition coefficient (Wildman–Crippen LogP) is 3.75. The number of rotatable bonds is 5. The molecular weight excluding hydrogens is 416 g/mol. The van der Waals surface area contributed by atoms with Crippen LogP contribution in [0.15, 0.2) is 38.4 Å². The normalized spacial score (nSPS) is 18.6. The molecule has 3 heterocycles. The van der Waals surface area contributed by atoms with Crippen LogP contribution in [0.3, 0.4) is 0 Å². The second-order valence-electron chi connectivity index (χ2n) is 6.92. The maximum absolute atomic E-state index is 13.2. The van der Waals surface area contributed by atoms with Crippen LogP contribution in [0.5, 0.6) is 0 Å². The van der Waals surface area contributed by atoms with Gasteiger partial charge in [-0.3, -0.25) is 4.79 Å². The standard InChI is InChI=1S/C19H20N2O4S3/c1-12-9-26-19(20-12)27-10-15-14-5-3-4-6-16(14)25-17(15)18(22)21(2)13-7-8-28(23,24)11-13/h3-6,9,13H,7-8,10-11H2,1-2H3/t13-/m1/s1. The van der Waals surface area contributed by atoms with Crippen LogP contribution in [0.1, 0.15) is 28.2 Å². The van der Waals surface area contributed by atoms with Crippen molar-refractivity contribution in [3.63, 3.8) is 0 Å². The Bertz CT molecular complexity index is 1130. The number of aromatic nitrogens is 1. The van der Waals surface area contributed by atoms with Gasteiger partial charge in [0.05, 0.1) is 11.5 Å². The zero-order chi connectivity index (χ0) is 19.9. The molecule has 0 saturated carbocycles. The number of amides is 1. The first kappa shape index (κ1) is 19.5. The van der Waals surface area contributed by atoms with Gasteiger partial charge in [0, 0.05) is 40.9 Å². The minimum Gasteiger partial charge on any atom is -0.451 e. The van der Waals surface area contributed by atoms with Gasteiger partial charge in [-0.15, -0.1) is 11.3 Å². The van der Waals surface area contributed by atoms with E-state index in [9.17, 15) is 13.2 Å². The smallest absolute Gasteiger partial charge is 0.289 e. The lowest BCUT2D eigenvalue weighted by Crippen LogP contribution is -2.38. The van der Waals surface area contributed by atoms with Crippen LogP contribution in [0.4, 0.5) is 0 Å². The minimum absolute atomic E-state index is 0.0118. The number of nitrogens with zero attached hydrogens (tertiary/aromatic N) is 2. The van der Waals surface area contributed by atoms with Gasteiger partial charge in [-0.25, -0.2) is 13.4 Å². The fraction of sp³-hybridized carbons (Fsp3) is 0.368. The molecule has 4 rings (SSSR count). The summed E-state index contributed by atoms with van der Waals surface area (Å²) >= 11 is 3.15. The van der Waals surface area contributed by atoms with E-state index >= 15 is 0 Å². The molecule has 1 saturated heterocycles. The molecule has 1 amide bonds. The van der Waals surface area contributed by atoms with Gasteiger partial charge in [-0.05, 0) is 19.4 Å². The molecule has 1 atom stereocenters. The van der Waals surface area contributed by atoms with E-state index in [1.54, 1.807) is 30.1 Å². The number of fused-ring (bicyclic) bond motifs is 1. The number of thiazole rings is 1. The Morgan fingerprint density at radius 3 is 2.86 bits per heavy atom. The second kappa shape index (κ2) is 7.53. The number of thioether (sulfide) groups is 1. The molecule has 0 N–H and O–H groups in total. The van der Waals surface area contributed by atoms with Gasteiger partial charge in [0.2, 0.25) is 0 Å². The molecule has 1 aromatic carbocycles. The van der Waals surface area contributed by atoms with Crippen LogP contribution >= 0.6 is 23.1 Å². The zero-order valence-electron chi connectivity index (χ0n) is 15.5. The van der Waals surface area contributed by atoms with Crippen molar-refractivity contribution in [2.75, 3.05) is 18.6 Å². The number of carbonyl (C=O) groups is 1. The molecule has 3 aromatic rings. The monoisotopic (exact) mass is 436 g/mol. The van der Waals surface area contributed by atoms with E-state index in [1.165, 1.54) is 4.90 Å². The Morgan fingerprint density at radius 2 is 2.18 bits per heavy atom. The SMILES string of the molecule is Cc1csc(SCc2c(C(=O)N(C)[C@@H]3CCS(=O)(=O)C3)oc3ccccc23)n1. The van der Waals surface area contributed by atoms with Crippen LogP contribution in [0.2, 0.25) is 0 Å². The Hall–Kier alpha value is -1.84. The maximum Gasteiger partial charge on any atom is 0.289 e. The first-order chi connectivity index (χ1) is 13.3. The summed E-state index contributed by atoms with van der Waals surface area (Å²) in [6.07, 6.45) is 0.466. The molecule has 0 spiro atoms. The quantitative estimate of drug-likeness (QED) is 0.567. The second-order valence-corrected chi connectivity index (χ2v) is 11.2. The maximum atomic E-state index is 13.2. The lowest BCUT2D eigenvalue weighted by molar-refractivity contribution is 0.0717. The minimum atomic E-state index is -3.07. The summed E-state index contributed by atoms with van der Waals surface area (Å²) in [4.78, 5) is 19.1. The van der Waals surface area contributed by atoms with Crippen molar-refractivity contribution >= 4 is 49.8 Å². The fourth-order valence-electron chi connectivity index (χ4n) is 3.35. The third kappa shape index (κ3) is 3.83. The molecule has 0 unspecified atom stereocenters. The molecule has 0 bridgehead atoms. The van der Waals surface area contributed by atoms with Gasteiger partial charge in [0.15, 0.2) is 15.6 Å². The number of aryl methyl sites for hydroxylation is 1. The third-order valence-corrected chi connectivity index (χ3v) is 8.82. The lowest BCUT2D eigenvalue weighted by Gasteiger charge is -2.22. The Morgan fingerprint density at radius 1 is 1.39 bits per heavy atom. The Kier molecular flexibility index (Phi) is 5.24. The lowest BCUT2D eigenvalue weighted by atomic mass is 10.1. The summed E-state index contributed by atoms with van der Waals surface area (Å²) in [5.74, 6) is 0.708. The van der Waals surface area contributed by atoms with Crippen LogP contribution in [0.25, 0.3) is 11.0 Å². The van der Waals surface area contributed by atoms with E-state index in [2.05, 4.69) is 4.98 Å². The van der Waals surface area contributed by atoms with Crippen LogP contribution in [-0.4, -0.2) is 48.8 Å². The molecule has 0 radical (unpaired) electrons. The molecule has 1 aliphatic heterocycles. The van der Waals surface area contributed by atoms with E-state index in [0.717, 1.165) is 21.0 Å². The van der Waals surface area contributed by atoms with E-state index in [-0.39, 0.29) is 29.2 Å². The number of sulfone groups is 1. The number of benzene rings is 1. The molecule has 28 heavy (non-hydrogen) atoms. The van der Waals surface area contributed by atoms with E-state index < -0.39 is 9.84 Å². The highest BCUT2D eigenvalue weighted by Gasteiger charge is 2.35. The van der Waals surface area contributed by atoms with Gasteiger partial charge in [0.25, 0.3) is 5.91 Å². The van der Waals surface area contributed by atoms with Crippen molar-refractivity contribution in [2.24, 2.45) is 0 Å². The molecule has 1 fully saturated rings. The Labute approximate surface area is 171 Å². The van der Waals surface area contributed by atoms with Crippen molar-refractivity contribution in [2.45, 2.75) is 29.5 Å². The number of hydrogen-bond donors (Lipinski definition) is 0. The molecule has 0 aliphatic carbocycles. The number of furan rings is 1. The molecule has 148 valence electrons. The van der Waals surface area contributed by atoms with Crippen LogP contribution < -0.4 is 0 Å². The van der Waals surface area contributed by atoms with Crippen molar-refractivity contribution in [3.8, 4) is 0 Å². The third-order valence-electron chi connectivity index (χ3n) is 4.91. The number of para-hydroxylation sites is 1. The van der Waals surface area contributed by atoms with E-state index in [4.69, 9.17) is 4.42 Å². The number of hydrogen-bond acceptors (Lipinski definition) is 7. The van der Waals surface area contributed by atoms with Crippen LogP contribution in [0, 0.1) is 6.92 Å². The van der Waals surface area contributed by atoms with E-state index in [1.807, 2.05) is 36.6 Å². The highest BCUT2D eigenvalue weighted by Crippen LogP contribution is 2.34. The first-order valence-electron chi connectivity index (χ1n) is 8.87. The molecule has 9 heteroatoms. The fourth-order valence-corrected chi connectivity index (χ4v) is 7.01. The summed E-state index contributed by atoms with van der Waals surface area (Å²) in [5.41, 5.74) is 2.46. The summed E-state index contributed by atoms with van der Waals surface area (Å²) in [6.45, 7) is 1.95.